The van der Waals surface area contributed by atoms with Crippen LogP contribution in [0.15, 0.2) is 12.3 Å². The van der Waals surface area contributed by atoms with Crippen molar-refractivity contribution >= 4 is 11.8 Å². The maximum atomic E-state index is 13.7. The molecule has 2 N–H and O–H groups in total. The van der Waals surface area contributed by atoms with Crippen LogP contribution in [0, 0.1) is 11.7 Å². The Hall–Kier alpha value is -1.65. The summed E-state index contributed by atoms with van der Waals surface area (Å²) >= 11 is 0. The van der Waals surface area contributed by atoms with Crippen molar-refractivity contribution in [2.24, 2.45) is 5.92 Å². The summed E-state index contributed by atoms with van der Waals surface area (Å²) in [5.41, 5.74) is -0.355. The minimum absolute atomic E-state index is 0.0109. The van der Waals surface area contributed by atoms with Gasteiger partial charge in [0.25, 0.3) is 0 Å². The number of pyridine rings is 1. The summed E-state index contributed by atoms with van der Waals surface area (Å²) in [5, 5.41) is 11.6. The number of aromatic carboxylic acids is 1. The van der Waals surface area contributed by atoms with Crippen LogP contribution in [0.25, 0.3) is 0 Å². The zero-order valence-corrected chi connectivity index (χ0v) is 10.0. The van der Waals surface area contributed by atoms with Crippen LogP contribution in [0.1, 0.15) is 37.0 Å². The lowest BCUT2D eigenvalue weighted by atomic mass is 10.0. The Bertz CT molecular complexity index is 392. The highest BCUT2D eigenvalue weighted by molar-refractivity contribution is 5.88. The third kappa shape index (κ3) is 3.41. The average molecular weight is 240 g/mol. The molecule has 0 aliphatic rings. The van der Waals surface area contributed by atoms with Crippen LogP contribution < -0.4 is 5.32 Å². The SMILES string of the molecule is CCC(CC)CNc1nccc(C(=O)O)c1F. The fraction of sp³-hybridized carbons (Fsp3) is 0.500. The molecular weight excluding hydrogens is 223 g/mol. The molecule has 4 nitrogen and oxygen atoms in total. The smallest absolute Gasteiger partial charge is 0.338 e. The number of halogens is 1. The fourth-order valence-electron chi connectivity index (χ4n) is 1.55. The highest BCUT2D eigenvalue weighted by atomic mass is 19.1. The van der Waals surface area contributed by atoms with E-state index in [9.17, 15) is 9.18 Å². The van der Waals surface area contributed by atoms with Gasteiger partial charge in [0.05, 0.1) is 0 Å². The molecule has 1 rings (SSSR count). The largest absolute Gasteiger partial charge is 0.478 e. The summed E-state index contributed by atoms with van der Waals surface area (Å²) in [7, 11) is 0. The Morgan fingerprint density at radius 1 is 1.53 bits per heavy atom. The number of carboxylic acids is 1. The summed E-state index contributed by atoms with van der Waals surface area (Å²) in [6.45, 7) is 4.72. The number of hydrogen-bond acceptors (Lipinski definition) is 3. The summed E-state index contributed by atoms with van der Waals surface area (Å²) in [4.78, 5) is 14.5. The number of anilines is 1. The second kappa shape index (κ2) is 6.18. The molecule has 1 aromatic heterocycles. The third-order valence-corrected chi connectivity index (χ3v) is 2.83. The Morgan fingerprint density at radius 3 is 2.71 bits per heavy atom. The van der Waals surface area contributed by atoms with Gasteiger partial charge in [-0.15, -0.1) is 0 Å². The van der Waals surface area contributed by atoms with Crippen molar-refractivity contribution in [3.05, 3.63) is 23.6 Å². The first-order chi connectivity index (χ1) is 8.10. The maximum Gasteiger partial charge on any atom is 0.338 e. The van der Waals surface area contributed by atoms with E-state index in [2.05, 4.69) is 24.1 Å². The first-order valence-corrected chi connectivity index (χ1v) is 5.71. The molecule has 0 amide bonds. The van der Waals surface area contributed by atoms with Crippen LogP contribution in [0.3, 0.4) is 0 Å². The number of carbonyl (C=O) groups is 1. The zero-order chi connectivity index (χ0) is 12.8. The van der Waals surface area contributed by atoms with Crippen molar-refractivity contribution in [3.8, 4) is 0 Å². The molecule has 0 radical (unpaired) electrons. The molecule has 1 heterocycles. The monoisotopic (exact) mass is 240 g/mol. The van der Waals surface area contributed by atoms with E-state index in [0.29, 0.717) is 12.5 Å². The molecule has 0 unspecified atom stereocenters. The first kappa shape index (κ1) is 13.4. The van der Waals surface area contributed by atoms with Crippen LogP contribution in [0.4, 0.5) is 10.2 Å². The van der Waals surface area contributed by atoms with Crippen molar-refractivity contribution < 1.29 is 14.3 Å². The van der Waals surface area contributed by atoms with Gasteiger partial charge >= 0.3 is 5.97 Å². The van der Waals surface area contributed by atoms with Crippen molar-refractivity contribution in [1.82, 2.24) is 4.98 Å². The minimum atomic E-state index is -1.28. The molecule has 0 aliphatic carbocycles. The van der Waals surface area contributed by atoms with Crippen LogP contribution in [-0.2, 0) is 0 Å². The molecule has 5 heteroatoms. The molecule has 17 heavy (non-hydrogen) atoms. The standard InChI is InChI=1S/C12H17FN2O2/c1-3-8(4-2)7-15-11-10(13)9(12(16)17)5-6-14-11/h5-6,8H,3-4,7H2,1-2H3,(H,14,15)(H,16,17). The molecule has 0 atom stereocenters. The van der Waals surface area contributed by atoms with Crippen LogP contribution >= 0.6 is 0 Å². The number of aromatic nitrogens is 1. The normalized spacial score (nSPS) is 10.6. The van der Waals surface area contributed by atoms with Gasteiger partial charge in [0.2, 0.25) is 0 Å². The molecule has 1 aromatic rings. The van der Waals surface area contributed by atoms with E-state index < -0.39 is 11.8 Å². The quantitative estimate of drug-likeness (QED) is 0.802. The fourth-order valence-corrected chi connectivity index (χ4v) is 1.55. The Morgan fingerprint density at radius 2 is 2.18 bits per heavy atom. The minimum Gasteiger partial charge on any atom is -0.478 e. The second-order valence-electron chi connectivity index (χ2n) is 3.89. The molecule has 0 saturated heterocycles. The summed E-state index contributed by atoms with van der Waals surface area (Å²) in [6.07, 6.45) is 3.27. The van der Waals surface area contributed by atoms with E-state index in [4.69, 9.17) is 5.11 Å². The van der Waals surface area contributed by atoms with E-state index in [0.717, 1.165) is 18.9 Å². The molecule has 0 bridgehead atoms. The summed E-state index contributed by atoms with van der Waals surface area (Å²) in [5.74, 6) is -1.64. The molecule has 0 aromatic carbocycles. The Labute approximate surface area is 99.9 Å². The molecule has 0 saturated carbocycles. The van der Waals surface area contributed by atoms with Gasteiger partial charge in [-0.05, 0) is 12.0 Å². The number of hydrogen-bond donors (Lipinski definition) is 2. The van der Waals surface area contributed by atoms with Gasteiger partial charge in [0.1, 0.15) is 5.56 Å². The molecular formula is C12H17FN2O2. The number of nitrogens with one attached hydrogen (secondary N) is 1. The van der Waals surface area contributed by atoms with Crippen LogP contribution in [0.2, 0.25) is 0 Å². The van der Waals surface area contributed by atoms with Crippen molar-refractivity contribution in [3.63, 3.8) is 0 Å². The average Bonchev–Trinajstić information content (AvgIpc) is 2.32. The zero-order valence-electron chi connectivity index (χ0n) is 10.0. The highest BCUT2D eigenvalue weighted by Gasteiger charge is 2.15. The number of nitrogens with zero attached hydrogens (tertiary/aromatic N) is 1. The van der Waals surface area contributed by atoms with Gasteiger partial charge in [0.15, 0.2) is 11.6 Å². The molecule has 0 spiro atoms. The topological polar surface area (TPSA) is 62.2 Å². The first-order valence-electron chi connectivity index (χ1n) is 5.71. The van der Waals surface area contributed by atoms with E-state index in [1.807, 2.05) is 0 Å². The van der Waals surface area contributed by atoms with E-state index in [1.165, 1.54) is 6.20 Å². The van der Waals surface area contributed by atoms with Gasteiger partial charge < -0.3 is 10.4 Å². The number of rotatable bonds is 6. The van der Waals surface area contributed by atoms with Crippen molar-refractivity contribution in [1.29, 1.82) is 0 Å². The van der Waals surface area contributed by atoms with Gasteiger partial charge in [-0.1, -0.05) is 26.7 Å². The van der Waals surface area contributed by atoms with Gasteiger partial charge in [-0.25, -0.2) is 14.2 Å². The molecule has 94 valence electrons. The predicted molar refractivity (Wildman–Crippen MR) is 63.7 cm³/mol. The lowest BCUT2D eigenvalue weighted by Crippen LogP contribution is -2.15. The van der Waals surface area contributed by atoms with E-state index in [-0.39, 0.29) is 11.4 Å². The van der Waals surface area contributed by atoms with Crippen LogP contribution in [-0.4, -0.2) is 22.6 Å². The van der Waals surface area contributed by atoms with Gasteiger partial charge in [0, 0.05) is 12.7 Å². The van der Waals surface area contributed by atoms with Gasteiger partial charge in [-0.2, -0.15) is 0 Å². The second-order valence-corrected chi connectivity index (χ2v) is 3.89. The molecule has 0 fully saturated rings. The lowest BCUT2D eigenvalue weighted by Gasteiger charge is -2.14. The van der Waals surface area contributed by atoms with Crippen molar-refractivity contribution in [2.75, 3.05) is 11.9 Å². The summed E-state index contributed by atoms with van der Waals surface area (Å²) in [6, 6.07) is 1.15. The summed E-state index contributed by atoms with van der Waals surface area (Å²) < 4.78 is 13.7. The Balaban J connectivity index is 2.78. The number of carboxylic acid groups (broad SMARTS) is 1. The van der Waals surface area contributed by atoms with Gasteiger partial charge in [-0.3, -0.25) is 0 Å². The maximum absolute atomic E-state index is 13.7. The van der Waals surface area contributed by atoms with E-state index >= 15 is 0 Å². The van der Waals surface area contributed by atoms with Crippen LogP contribution in [0.5, 0.6) is 0 Å². The third-order valence-electron chi connectivity index (χ3n) is 2.83. The predicted octanol–water partition coefficient (Wildman–Crippen LogP) is 2.77. The van der Waals surface area contributed by atoms with E-state index in [1.54, 1.807) is 0 Å². The van der Waals surface area contributed by atoms with Crippen molar-refractivity contribution in [2.45, 2.75) is 26.7 Å². The Kier molecular flexibility index (Phi) is 4.87. The molecule has 0 aliphatic heterocycles. The highest BCUT2D eigenvalue weighted by Crippen LogP contribution is 2.16. The lowest BCUT2D eigenvalue weighted by molar-refractivity contribution is 0.0692.